The Balaban J connectivity index is 1.28. The molecule has 6 rings (SSSR count). The molecule has 1 aromatic carbocycles. The molecule has 1 saturated heterocycles. The Labute approximate surface area is 215 Å². The SMILES string of the molecule is O=C(O)CCCCCN1C(=O)C2C3CC(C2C1=O)C1C3Sc2[nH]c(=O)sc2[C@@H]1c1ccc(Cl)cc1. The number of carbonyl (C=O) groups excluding carboxylic acids is 2. The summed E-state index contributed by atoms with van der Waals surface area (Å²) in [4.78, 5) is 55.4. The summed E-state index contributed by atoms with van der Waals surface area (Å²) in [5, 5.41) is 10.5. The number of H-pyrrole nitrogens is 1. The topological polar surface area (TPSA) is 108 Å². The van der Waals surface area contributed by atoms with Crippen LogP contribution in [0.3, 0.4) is 0 Å². The van der Waals surface area contributed by atoms with Crippen LogP contribution in [0.2, 0.25) is 5.02 Å². The lowest BCUT2D eigenvalue weighted by Gasteiger charge is -2.43. The van der Waals surface area contributed by atoms with Gasteiger partial charge in [0, 0.05) is 34.0 Å². The summed E-state index contributed by atoms with van der Waals surface area (Å²) in [5.74, 6) is -1.12. The number of halogens is 1. The predicted octanol–water partition coefficient (Wildman–Crippen LogP) is 4.21. The van der Waals surface area contributed by atoms with Crippen molar-refractivity contribution in [3.63, 3.8) is 0 Å². The van der Waals surface area contributed by atoms with Crippen LogP contribution in [0.15, 0.2) is 34.1 Å². The molecule has 2 bridgehead atoms. The van der Waals surface area contributed by atoms with Gasteiger partial charge in [0.1, 0.15) is 0 Å². The van der Waals surface area contributed by atoms with E-state index in [-0.39, 0.29) is 63.9 Å². The number of thiazole rings is 1. The number of carbonyl (C=O) groups is 3. The van der Waals surface area contributed by atoms with Gasteiger partial charge < -0.3 is 10.1 Å². The number of aromatic amines is 1. The molecule has 2 amide bonds. The molecule has 7 atom stereocenters. The molecule has 7 nitrogen and oxygen atoms in total. The lowest BCUT2D eigenvalue weighted by Crippen LogP contribution is -2.42. The molecule has 2 aliphatic carbocycles. The molecule has 6 unspecified atom stereocenters. The molecule has 35 heavy (non-hydrogen) atoms. The van der Waals surface area contributed by atoms with Gasteiger partial charge in [-0.3, -0.25) is 24.1 Å². The Morgan fingerprint density at radius 3 is 2.49 bits per heavy atom. The number of aromatic nitrogens is 1. The number of unbranched alkanes of at least 4 members (excludes halogenated alkanes) is 2. The van der Waals surface area contributed by atoms with Crippen LogP contribution in [0.4, 0.5) is 0 Å². The van der Waals surface area contributed by atoms with Crippen molar-refractivity contribution in [2.75, 3.05) is 6.54 Å². The first-order valence-corrected chi connectivity index (χ1v) is 14.1. The standard InChI is InChI=1S/C25H25ClN2O5S2/c26-12-7-5-11(6-8-12)16-17-13-10-14(20(17)34-22-21(16)35-25(33)27-22)19-18(13)23(31)28(24(19)32)9-3-1-2-4-15(29)30/h5-8,13-14,16-20H,1-4,9-10H2,(H,27,33)(H,29,30)/t13?,14?,16-,17?,18?,19?,20?/m1/s1. The predicted molar refractivity (Wildman–Crippen MR) is 133 cm³/mol. The van der Waals surface area contributed by atoms with Gasteiger partial charge in [0.15, 0.2) is 0 Å². The molecule has 3 fully saturated rings. The lowest BCUT2D eigenvalue weighted by atomic mass is 9.68. The number of aliphatic carboxylic acids is 1. The quantitative estimate of drug-likeness (QED) is 0.408. The van der Waals surface area contributed by atoms with Crippen molar-refractivity contribution in [1.29, 1.82) is 0 Å². The van der Waals surface area contributed by atoms with Gasteiger partial charge in [-0.25, -0.2) is 0 Å². The second-order valence-electron chi connectivity index (χ2n) is 10.0. The molecule has 3 heterocycles. The number of amides is 2. The molecular formula is C25H25ClN2O5S2. The molecule has 0 spiro atoms. The number of hydrogen-bond acceptors (Lipinski definition) is 6. The van der Waals surface area contributed by atoms with Crippen molar-refractivity contribution < 1.29 is 19.5 Å². The minimum atomic E-state index is -0.824. The molecule has 184 valence electrons. The average Bonchev–Trinajstić information content (AvgIpc) is 3.54. The third kappa shape index (κ3) is 3.69. The summed E-state index contributed by atoms with van der Waals surface area (Å²) in [6.07, 6.45) is 2.83. The first-order valence-electron chi connectivity index (χ1n) is 12.1. The number of benzene rings is 1. The van der Waals surface area contributed by atoms with E-state index >= 15 is 0 Å². The minimum absolute atomic E-state index is 0.00128. The van der Waals surface area contributed by atoms with Crippen LogP contribution in [0.25, 0.3) is 0 Å². The highest BCUT2D eigenvalue weighted by atomic mass is 35.5. The van der Waals surface area contributed by atoms with E-state index in [0.717, 1.165) is 21.9 Å². The summed E-state index contributed by atoms with van der Waals surface area (Å²) in [7, 11) is 0. The molecule has 10 heteroatoms. The maximum absolute atomic E-state index is 13.5. The van der Waals surface area contributed by atoms with Gasteiger partial charge in [0.25, 0.3) is 0 Å². The fraction of sp³-hybridized carbons (Fsp3) is 0.520. The molecule has 2 aliphatic heterocycles. The highest BCUT2D eigenvalue weighted by molar-refractivity contribution is 8.00. The normalized spacial score (nSPS) is 32.6. The molecule has 1 aromatic heterocycles. The number of hydrogen-bond donors (Lipinski definition) is 2. The third-order valence-corrected chi connectivity index (χ3v) is 11.2. The summed E-state index contributed by atoms with van der Waals surface area (Å²) in [6, 6.07) is 7.77. The number of thioether (sulfide) groups is 1. The van der Waals surface area contributed by atoms with Gasteiger partial charge in [-0.05, 0) is 54.7 Å². The van der Waals surface area contributed by atoms with Gasteiger partial charge in [-0.1, -0.05) is 41.5 Å². The Morgan fingerprint density at radius 1 is 1.06 bits per heavy atom. The van der Waals surface area contributed by atoms with E-state index in [1.165, 1.54) is 16.2 Å². The molecule has 4 aliphatic rings. The smallest absolute Gasteiger partial charge is 0.305 e. The zero-order valence-electron chi connectivity index (χ0n) is 18.8. The van der Waals surface area contributed by atoms with Crippen molar-refractivity contribution in [2.45, 2.75) is 48.3 Å². The van der Waals surface area contributed by atoms with Gasteiger partial charge in [0.2, 0.25) is 11.8 Å². The van der Waals surface area contributed by atoms with Gasteiger partial charge in [-0.2, -0.15) is 0 Å². The Bertz CT molecular complexity index is 1260. The van der Waals surface area contributed by atoms with E-state index < -0.39 is 5.97 Å². The van der Waals surface area contributed by atoms with E-state index in [2.05, 4.69) is 4.98 Å². The van der Waals surface area contributed by atoms with Crippen LogP contribution in [0.1, 0.15) is 48.5 Å². The first kappa shape index (κ1) is 23.3. The zero-order valence-corrected chi connectivity index (χ0v) is 21.2. The summed E-state index contributed by atoms with van der Waals surface area (Å²) < 4.78 is 0. The van der Waals surface area contributed by atoms with Crippen LogP contribution in [-0.2, 0) is 14.4 Å². The maximum Gasteiger partial charge on any atom is 0.305 e. The number of carboxylic acids is 1. The van der Waals surface area contributed by atoms with Crippen LogP contribution in [0, 0.1) is 29.6 Å². The lowest BCUT2D eigenvalue weighted by molar-refractivity contribution is -0.141. The average molecular weight is 533 g/mol. The van der Waals surface area contributed by atoms with E-state index in [1.54, 1.807) is 11.8 Å². The highest BCUT2D eigenvalue weighted by Crippen LogP contribution is 2.68. The highest BCUT2D eigenvalue weighted by Gasteiger charge is 2.69. The van der Waals surface area contributed by atoms with Crippen LogP contribution < -0.4 is 4.87 Å². The van der Waals surface area contributed by atoms with Gasteiger partial charge >= 0.3 is 10.8 Å². The van der Waals surface area contributed by atoms with Crippen molar-refractivity contribution in [3.05, 3.63) is 49.4 Å². The molecule has 0 radical (unpaired) electrons. The number of rotatable bonds is 7. The third-order valence-electron chi connectivity index (χ3n) is 8.32. The van der Waals surface area contributed by atoms with Crippen molar-refractivity contribution >= 4 is 52.5 Å². The zero-order chi connectivity index (χ0) is 24.4. The largest absolute Gasteiger partial charge is 0.481 e. The van der Waals surface area contributed by atoms with E-state index in [0.29, 0.717) is 30.8 Å². The molecule has 2 N–H and O–H groups in total. The van der Waals surface area contributed by atoms with E-state index in [9.17, 15) is 19.2 Å². The maximum atomic E-state index is 13.5. The monoisotopic (exact) mass is 532 g/mol. The molecular weight excluding hydrogens is 508 g/mol. The Hall–Kier alpha value is -2.10. The van der Waals surface area contributed by atoms with Crippen LogP contribution in [0.5, 0.6) is 0 Å². The minimum Gasteiger partial charge on any atom is -0.481 e. The Kier molecular flexibility index (Phi) is 5.85. The molecule has 2 aromatic rings. The number of nitrogens with one attached hydrogen (secondary N) is 1. The van der Waals surface area contributed by atoms with Gasteiger partial charge in [0.05, 0.1) is 16.9 Å². The van der Waals surface area contributed by atoms with Crippen molar-refractivity contribution in [2.24, 2.45) is 29.6 Å². The summed E-state index contributed by atoms with van der Waals surface area (Å²) in [6.45, 7) is 0.369. The number of fused-ring (bicyclic) bond motifs is 9. The molecule has 2 saturated carbocycles. The Morgan fingerprint density at radius 2 is 1.77 bits per heavy atom. The van der Waals surface area contributed by atoms with Crippen molar-refractivity contribution in [3.8, 4) is 0 Å². The number of nitrogens with zero attached hydrogens (tertiary/aromatic N) is 1. The van der Waals surface area contributed by atoms with Crippen LogP contribution >= 0.6 is 34.7 Å². The fourth-order valence-corrected chi connectivity index (χ4v) is 10.1. The number of likely N-dealkylation sites (tertiary alicyclic amines) is 1. The van der Waals surface area contributed by atoms with Crippen LogP contribution in [-0.4, -0.2) is 44.6 Å². The van der Waals surface area contributed by atoms with E-state index in [4.69, 9.17) is 16.7 Å². The first-order chi connectivity index (χ1) is 16.8. The second kappa shape index (κ2) is 8.78. The number of carboxylic acid groups (broad SMARTS) is 1. The summed E-state index contributed by atoms with van der Waals surface area (Å²) in [5.41, 5.74) is 1.09. The van der Waals surface area contributed by atoms with Gasteiger partial charge in [-0.15, -0.1) is 11.8 Å². The fourth-order valence-electron chi connectivity index (χ4n) is 7.07. The van der Waals surface area contributed by atoms with Crippen molar-refractivity contribution in [1.82, 2.24) is 9.88 Å². The van der Waals surface area contributed by atoms with E-state index in [1.807, 2.05) is 24.3 Å². The number of imide groups is 1. The second-order valence-corrected chi connectivity index (χ2v) is 12.7. The summed E-state index contributed by atoms with van der Waals surface area (Å²) >= 11 is 9.09.